The van der Waals surface area contributed by atoms with Gasteiger partial charge in [-0.25, -0.2) is 4.79 Å². The first kappa shape index (κ1) is 35.0. The van der Waals surface area contributed by atoms with Gasteiger partial charge in [0.25, 0.3) is 0 Å². The monoisotopic (exact) mass is 539 g/mol. The van der Waals surface area contributed by atoms with Crippen LogP contribution >= 0.6 is 0 Å². The third-order valence-corrected chi connectivity index (χ3v) is 5.35. The first-order valence-electron chi connectivity index (χ1n) is 12.6. The molecular formula is C27H45N3O8. The molecule has 1 heterocycles. The van der Waals surface area contributed by atoms with E-state index in [1.54, 1.807) is 0 Å². The predicted octanol–water partition coefficient (Wildman–Crippen LogP) is 1.61. The molecule has 0 spiro atoms. The number of ketones is 1. The molecule has 1 fully saturated rings. The maximum absolute atomic E-state index is 12.7. The number of hydrogen-bond donors (Lipinski definition) is 5. The summed E-state index contributed by atoms with van der Waals surface area (Å²) in [6.07, 6.45) is 1.79. The Hall–Kier alpha value is -3.02. The van der Waals surface area contributed by atoms with E-state index in [0.717, 1.165) is 18.2 Å². The van der Waals surface area contributed by atoms with Gasteiger partial charge in [0, 0.05) is 20.1 Å². The summed E-state index contributed by atoms with van der Waals surface area (Å²) >= 11 is 0. The van der Waals surface area contributed by atoms with E-state index in [1.165, 1.54) is 0 Å². The third kappa shape index (κ3) is 13.5. The lowest BCUT2D eigenvalue weighted by Crippen LogP contribution is -2.48. The molecule has 0 bridgehead atoms. The Morgan fingerprint density at radius 3 is 2.21 bits per heavy atom. The van der Waals surface area contributed by atoms with Gasteiger partial charge in [-0.3, -0.25) is 14.4 Å². The van der Waals surface area contributed by atoms with Crippen molar-refractivity contribution in [3.8, 4) is 0 Å². The number of amides is 3. The molecule has 0 aliphatic carbocycles. The van der Waals surface area contributed by atoms with Crippen LogP contribution in [0, 0.1) is 5.92 Å². The molecule has 11 heteroatoms. The topological polar surface area (TPSA) is 181 Å². The second kappa shape index (κ2) is 17.5. The van der Waals surface area contributed by atoms with Gasteiger partial charge in [-0.15, -0.1) is 0 Å². The molecule has 2 atom stereocenters. The zero-order chi connectivity index (χ0) is 29.4. The Kier molecular flexibility index (Phi) is 16.1. The molecule has 1 aromatic rings. The maximum Gasteiger partial charge on any atom is 0.407 e. The number of ether oxygens (including phenoxy) is 2. The minimum Gasteiger partial charge on any atom is -0.444 e. The zero-order valence-electron chi connectivity index (χ0n) is 23.4. The van der Waals surface area contributed by atoms with Crippen LogP contribution in [0.5, 0.6) is 0 Å². The molecule has 38 heavy (non-hydrogen) atoms. The van der Waals surface area contributed by atoms with E-state index in [-0.39, 0.29) is 43.7 Å². The van der Waals surface area contributed by atoms with Crippen molar-refractivity contribution >= 4 is 24.2 Å². The van der Waals surface area contributed by atoms with Crippen molar-refractivity contribution in [2.24, 2.45) is 11.7 Å². The van der Waals surface area contributed by atoms with Crippen molar-refractivity contribution in [1.82, 2.24) is 10.6 Å². The highest BCUT2D eigenvalue weighted by Gasteiger charge is 2.54. The van der Waals surface area contributed by atoms with Crippen LogP contribution in [0.25, 0.3) is 0 Å². The highest BCUT2D eigenvalue weighted by atomic mass is 16.6. The molecule has 11 nitrogen and oxygen atoms in total. The van der Waals surface area contributed by atoms with Gasteiger partial charge in [0.2, 0.25) is 12.3 Å². The number of aliphatic hydroxyl groups excluding tert-OH is 2. The summed E-state index contributed by atoms with van der Waals surface area (Å²) in [7, 11) is 1.00. The average molecular weight is 540 g/mol. The standard InChI is InChI=1S/C25H38N2O6.CH3NO.CH4O/c1-17(2)13-20(22(30)25(15-28)16-32-25)27-21(29)12-8-11-18-9-6-7-10-19(18)14-26-23(31)33-24(3,4)5;2-1-3;1-2/h6-7,9-10,17,20,28H,8,11-16H2,1-5H3,(H,26,31)(H,27,29);1H,(H2,2,3);2H,1H3. The largest absolute Gasteiger partial charge is 0.444 e. The smallest absolute Gasteiger partial charge is 0.407 e. The van der Waals surface area contributed by atoms with Gasteiger partial charge in [-0.05, 0) is 57.1 Å². The van der Waals surface area contributed by atoms with Crippen molar-refractivity contribution in [3.05, 3.63) is 35.4 Å². The molecule has 216 valence electrons. The highest BCUT2D eigenvalue weighted by Crippen LogP contribution is 2.30. The number of nitrogens with one attached hydrogen (secondary N) is 2. The molecule has 0 radical (unpaired) electrons. The van der Waals surface area contributed by atoms with E-state index < -0.39 is 23.3 Å². The van der Waals surface area contributed by atoms with Crippen LogP contribution in [0.1, 0.15) is 65.0 Å². The van der Waals surface area contributed by atoms with Gasteiger partial charge in [-0.2, -0.15) is 0 Å². The number of aliphatic hydroxyl groups is 2. The molecule has 1 aliphatic rings. The van der Waals surface area contributed by atoms with Crippen LogP contribution in [0.4, 0.5) is 4.79 Å². The molecule has 1 aromatic carbocycles. The number of Topliss-reactive ketones (excluding diaryl/α,β-unsaturated/α-hetero) is 1. The van der Waals surface area contributed by atoms with Crippen molar-refractivity contribution in [2.45, 2.75) is 84.1 Å². The fourth-order valence-corrected chi connectivity index (χ4v) is 3.58. The molecule has 3 amide bonds. The Morgan fingerprint density at radius 2 is 1.74 bits per heavy atom. The number of aryl methyl sites for hydroxylation is 1. The van der Waals surface area contributed by atoms with Crippen LogP contribution in [0.15, 0.2) is 24.3 Å². The van der Waals surface area contributed by atoms with Gasteiger partial charge in [0.05, 0.1) is 19.3 Å². The minimum absolute atomic E-state index is 0.195. The number of benzene rings is 1. The van der Waals surface area contributed by atoms with Gasteiger partial charge in [0.15, 0.2) is 11.4 Å². The van der Waals surface area contributed by atoms with Gasteiger partial charge < -0.3 is 36.1 Å². The van der Waals surface area contributed by atoms with E-state index in [0.29, 0.717) is 25.8 Å². The van der Waals surface area contributed by atoms with E-state index in [2.05, 4.69) is 16.4 Å². The lowest BCUT2D eigenvalue weighted by molar-refractivity contribution is -0.132. The summed E-state index contributed by atoms with van der Waals surface area (Å²) in [6, 6.07) is 7.07. The van der Waals surface area contributed by atoms with E-state index >= 15 is 0 Å². The lowest BCUT2D eigenvalue weighted by atomic mass is 9.92. The van der Waals surface area contributed by atoms with E-state index in [1.807, 2.05) is 58.9 Å². The molecule has 2 rings (SSSR count). The predicted molar refractivity (Wildman–Crippen MR) is 143 cm³/mol. The summed E-state index contributed by atoms with van der Waals surface area (Å²) in [5.41, 5.74) is 4.47. The number of primary amides is 1. The van der Waals surface area contributed by atoms with Crippen LogP contribution in [0.2, 0.25) is 0 Å². The summed E-state index contributed by atoms with van der Waals surface area (Å²) in [6.45, 7) is 9.56. The van der Waals surface area contributed by atoms with Crippen molar-refractivity contribution in [2.75, 3.05) is 20.3 Å². The molecule has 6 N–H and O–H groups in total. The van der Waals surface area contributed by atoms with Gasteiger partial charge in [0.1, 0.15) is 5.60 Å². The van der Waals surface area contributed by atoms with Crippen LogP contribution in [0.3, 0.4) is 0 Å². The quantitative estimate of drug-likeness (QED) is 0.196. The van der Waals surface area contributed by atoms with Crippen molar-refractivity contribution < 1.29 is 38.9 Å². The number of rotatable bonds is 12. The molecule has 1 aliphatic heterocycles. The molecule has 2 unspecified atom stereocenters. The van der Waals surface area contributed by atoms with Crippen LogP contribution in [-0.2, 0) is 36.8 Å². The number of epoxide rings is 1. The SMILES string of the molecule is CC(C)CC(NC(=O)CCCc1ccccc1CNC(=O)OC(C)(C)C)C(=O)C1(CO)CO1.CO.NC=O. The van der Waals surface area contributed by atoms with E-state index in [9.17, 15) is 19.5 Å². The molecule has 0 aromatic heterocycles. The number of hydrogen-bond acceptors (Lipinski definition) is 8. The lowest BCUT2D eigenvalue weighted by Gasteiger charge is -2.22. The number of nitrogens with two attached hydrogens (primary N) is 1. The van der Waals surface area contributed by atoms with Gasteiger partial charge in [-0.1, -0.05) is 38.1 Å². The van der Waals surface area contributed by atoms with E-state index in [4.69, 9.17) is 19.4 Å². The summed E-state index contributed by atoms with van der Waals surface area (Å²) in [5, 5.41) is 22.1. The number of carbonyl (C=O) groups is 4. The number of carbonyl (C=O) groups excluding carboxylic acids is 4. The van der Waals surface area contributed by atoms with Crippen molar-refractivity contribution in [3.63, 3.8) is 0 Å². The Morgan fingerprint density at radius 1 is 1.18 bits per heavy atom. The number of alkyl carbamates (subject to hydrolysis) is 1. The second-order valence-electron chi connectivity index (χ2n) is 10.2. The first-order chi connectivity index (χ1) is 17.9. The Labute approximate surface area is 225 Å². The third-order valence-electron chi connectivity index (χ3n) is 5.35. The molecule has 1 saturated heterocycles. The van der Waals surface area contributed by atoms with Gasteiger partial charge >= 0.3 is 6.09 Å². The summed E-state index contributed by atoms with van der Waals surface area (Å²) in [5.74, 6) is -0.254. The van der Waals surface area contributed by atoms with Crippen LogP contribution < -0.4 is 16.4 Å². The average Bonchev–Trinajstić information content (AvgIpc) is 3.64. The molecular weight excluding hydrogens is 494 g/mol. The Bertz CT molecular complexity index is 879. The first-order valence-corrected chi connectivity index (χ1v) is 12.6. The fourth-order valence-electron chi connectivity index (χ4n) is 3.58. The maximum atomic E-state index is 12.7. The molecule has 0 saturated carbocycles. The highest BCUT2D eigenvalue weighted by molar-refractivity contribution is 5.96. The Balaban J connectivity index is 0.00000255. The zero-order valence-corrected chi connectivity index (χ0v) is 23.4. The normalized spacial score (nSPS) is 16.6. The second-order valence-corrected chi connectivity index (χ2v) is 10.2. The fraction of sp³-hybridized carbons (Fsp3) is 0.630. The minimum atomic E-state index is -1.15. The van der Waals surface area contributed by atoms with Crippen LogP contribution in [-0.4, -0.2) is 72.0 Å². The summed E-state index contributed by atoms with van der Waals surface area (Å²) < 4.78 is 10.5. The van der Waals surface area contributed by atoms with Crippen molar-refractivity contribution in [1.29, 1.82) is 0 Å². The summed E-state index contributed by atoms with van der Waals surface area (Å²) in [4.78, 5) is 45.8.